The van der Waals surface area contributed by atoms with Gasteiger partial charge in [-0.2, -0.15) is 0 Å². The topological polar surface area (TPSA) is 124 Å². The zero-order valence-corrected chi connectivity index (χ0v) is 27.2. The molecule has 0 heterocycles. The van der Waals surface area contributed by atoms with Gasteiger partial charge in [-0.25, -0.2) is 8.42 Å². The zero-order chi connectivity index (χ0) is 32.6. The van der Waals surface area contributed by atoms with Crippen molar-refractivity contribution < 1.29 is 37.0 Å². The number of nitrogens with zero attached hydrogens (tertiary/aromatic N) is 2. The largest absolute Gasteiger partial charge is 0.497 e. The van der Waals surface area contributed by atoms with Crippen LogP contribution in [0.15, 0.2) is 65.6 Å². The van der Waals surface area contributed by atoms with Crippen LogP contribution in [0.25, 0.3) is 0 Å². The minimum absolute atomic E-state index is 0.0742. The van der Waals surface area contributed by atoms with Gasteiger partial charge in [0.25, 0.3) is 10.0 Å². The van der Waals surface area contributed by atoms with E-state index < -0.39 is 28.5 Å². The Morgan fingerprint density at radius 2 is 1.45 bits per heavy atom. The number of nitrogens with one attached hydrogen (secondary N) is 1. The molecule has 3 aromatic rings. The maximum Gasteiger partial charge on any atom is 0.265 e. The summed E-state index contributed by atoms with van der Waals surface area (Å²) in [6.07, 6.45) is 0. The molecule has 1 unspecified atom stereocenters. The summed E-state index contributed by atoms with van der Waals surface area (Å²) < 4.78 is 51.2. The summed E-state index contributed by atoms with van der Waals surface area (Å²) in [5.74, 6) is 0.102. The van der Waals surface area contributed by atoms with Crippen molar-refractivity contribution in [2.24, 2.45) is 0 Å². The average molecular weight is 628 g/mol. The number of benzene rings is 3. The average Bonchev–Trinajstić information content (AvgIpc) is 3.01. The van der Waals surface area contributed by atoms with Crippen molar-refractivity contribution in [3.05, 3.63) is 71.8 Å². The highest BCUT2D eigenvalue weighted by atomic mass is 32.2. The summed E-state index contributed by atoms with van der Waals surface area (Å²) in [5.41, 5.74) is 1.81. The number of hydrogen-bond donors (Lipinski definition) is 1. The minimum Gasteiger partial charge on any atom is -0.497 e. The third kappa shape index (κ3) is 7.73. The Hall–Kier alpha value is -4.45. The van der Waals surface area contributed by atoms with Gasteiger partial charge in [-0.05, 0) is 63.1 Å². The van der Waals surface area contributed by atoms with Gasteiger partial charge in [0.2, 0.25) is 11.8 Å². The number of sulfonamides is 1. The summed E-state index contributed by atoms with van der Waals surface area (Å²) in [7, 11) is 1.26. The Morgan fingerprint density at radius 1 is 0.818 bits per heavy atom. The second-order valence-corrected chi connectivity index (χ2v) is 12.2. The smallest absolute Gasteiger partial charge is 0.265 e. The molecule has 0 saturated carbocycles. The second kappa shape index (κ2) is 14.8. The number of anilines is 1. The normalized spacial score (nSPS) is 11.8. The zero-order valence-electron chi connectivity index (χ0n) is 26.4. The molecule has 3 aromatic carbocycles. The molecule has 0 bridgehead atoms. The van der Waals surface area contributed by atoms with Crippen LogP contribution in [0.5, 0.6) is 23.0 Å². The van der Waals surface area contributed by atoms with Crippen molar-refractivity contribution in [2.45, 2.75) is 51.2 Å². The molecule has 238 valence electrons. The highest BCUT2D eigenvalue weighted by Gasteiger charge is 2.35. The van der Waals surface area contributed by atoms with E-state index in [0.717, 1.165) is 15.4 Å². The van der Waals surface area contributed by atoms with Gasteiger partial charge in [-0.3, -0.25) is 13.9 Å². The summed E-state index contributed by atoms with van der Waals surface area (Å²) in [6.45, 7) is 6.61. The van der Waals surface area contributed by atoms with Crippen molar-refractivity contribution in [1.29, 1.82) is 0 Å². The fraction of sp³-hybridized carbons (Fsp3) is 0.375. The van der Waals surface area contributed by atoms with Crippen LogP contribution in [0.4, 0.5) is 5.69 Å². The van der Waals surface area contributed by atoms with Crippen molar-refractivity contribution in [3.8, 4) is 23.0 Å². The van der Waals surface area contributed by atoms with Gasteiger partial charge in [-0.1, -0.05) is 24.3 Å². The molecule has 0 aromatic heterocycles. The second-order valence-electron chi connectivity index (χ2n) is 10.4. The summed E-state index contributed by atoms with van der Waals surface area (Å²) in [4.78, 5) is 28.6. The van der Waals surface area contributed by atoms with Crippen LogP contribution < -0.4 is 28.6 Å². The van der Waals surface area contributed by atoms with Crippen molar-refractivity contribution in [3.63, 3.8) is 0 Å². The predicted octanol–water partition coefficient (Wildman–Crippen LogP) is 4.17. The molecular formula is C32H41N3O8S. The molecule has 0 aliphatic rings. The molecule has 0 spiro atoms. The first-order chi connectivity index (χ1) is 20.9. The first-order valence-electron chi connectivity index (χ1n) is 14.0. The molecule has 0 saturated heterocycles. The van der Waals surface area contributed by atoms with E-state index in [1.54, 1.807) is 19.1 Å². The predicted molar refractivity (Wildman–Crippen MR) is 168 cm³/mol. The maximum absolute atomic E-state index is 14.4. The number of ether oxygens (including phenoxy) is 4. The van der Waals surface area contributed by atoms with Crippen LogP contribution in [0.3, 0.4) is 0 Å². The van der Waals surface area contributed by atoms with E-state index in [1.165, 1.54) is 57.6 Å². The summed E-state index contributed by atoms with van der Waals surface area (Å²) in [5, 5.41) is 2.85. The van der Waals surface area contributed by atoms with Gasteiger partial charge in [0.1, 0.15) is 24.1 Å². The summed E-state index contributed by atoms with van der Waals surface area (Å²) >= 11 is 0. The molecule has 1 N–H and O–H groups in total. The van der Waals surface area contributed by atoms with Crippen LogP contribution in [0.2, 0.25) is 0 Å². The molecule has 0 fully saturated rings. The Morgan fingerprint density at radius 3 is 2.05 bits per heavy atom. The fourth-order valence-electron chi connectivity index (χ4n) is 4.57. The maximum atomic E-state index is 14.4. The van der Waals surface area contributed by atoms with E-state index in [-0.39, 0.29) is 40.6 Å². The highest BCUT2D eigenvalue weighted by molar-refractivity contribution is 7.92. The third-order valence-electron chi connectivity index (χ3n) is 7.08. The Labute approximate surface area is 259 Å². The van der Waals surface area contributed by atoms with E-state index in [9.17, 15) is 18.0 Å². The highest BCUT2D eigenvalue weighted by Crippen LogP contribution is 2.37. The van der Waals surface area contributed by atoms with Crippen molar-refractivity contribution in [2.75, 3.05) is 39.3 Å². The molecule has 12 heteroatoms. The standard InChI is InChI=1S/C32H41N3O8S/c1-21(2)33-32(37)23(4)34(19-24-12-10-9-11-22(24)3)31(36)20-35(27-17-25(40-5)13-15-28(27)41-6)44(38,39)26-14-16-29(42-7)30(18-26)43-8/h9-18,21,23H,19-20H2,1-8H3,(H,33,37). The molecule has 3 rings (SSSR count). The Kier molecular flexibility index (Phi) is 11.5. The van der Waals surface area contributed by atoms with E-state index in [0.29, 0.717) is 11.5 Å². The van der Waals surface area contributed by atoms with Crippen LogP contribution in [-0.4, -0.2) is 72.2 Å². The van der Waals surface area contributed by atoms with Crippen molar-refractivity contribution >= 4 is 27.5 Å². The first kappa shape index (κ1) is 34.0. The van der Waals surface area contributed by atoms with Gasteiger partial charge in [0.05, 0.1) is 39.0 Å². The Bertz CT molecular complexity index is 1580. The van der Waals surface area contributed by atoms with Crippen LogP contribution in [0, 0.1) is 6.92 Å². The molecule has 0 radical (unpaired) electrons. The van der Waals surface area contributed by atoms with Crippen molar-refractivity contribution in [1.82, 2.24) is 10.2 Å². The minimum atomic E-state index is -4.43. The van der Waals surface area contributed by atoms with E-state index >= 15 is 0 Å². The fourth-order valence-corrected chi connectivity index (χ4v) is 6.00. The van der Waals surface area contributed by atoms with Crippen LogP contribution in [0.1, 0.15) is 31.9 Å². The number of amides is 2. The van der Waals surface area contributed by atoms with E-state index in [1.807, 2.05) is 45.0 Å². The van der Waals surface area contributed by atoms with Gasteiger partial charge < -0.3 is 29.2 Å². The molecule has 44 heavy (non-hydrogen) atoms. The Balaban J connectivity index is 2.18. The first-order valence-corrected chi connectivity index (χ1v) is 15.4. The number of methoxy groups -OCH3 is 4. The molecular weight excluding hydrogens is 586 g/mol. The molecule has 11 nitrogen and oxygen atoms in total. The van der Waals surface area contributed by atoms with E-state index in [4.69, 9.17) is 18.9 Å². The van der Waals surface area contributed by atoms with Gasteiger partial charge in [0.15, 0.2) is 11.5 Å². The van der Waals surface area contributed by atoms with Crippen LogP contribution in [-0.2, 0) is 26.2 Å². The lowest BCUT2D eigenvalue weighted by atomic mass is 10.1. The quantitative estimate of drug-likeness (QED) is 0.283. The summed E-state index contributed by atoms with van der Waals surface area (Å²) in [6, 6.07) is 15.2. The SMILES string of the molecule is COc1ccc(OC)c(N(CC(=O)N(Cc2ccccc2C)C(C)C(=O)NC(C)C)S(=O)(=O)c2ccc(OC)c(OC)c2)c1. The van der Waals surface area contributed by atoms with E-state index in [2.05, 4.69) is 5.32 Å². The molecule has 1 atom stereocenters. The molecule has 0 aliphatic carbocycles. The lowest BCUT2D eigenvalue weighted by Gasteiger charge is -2.33. The number of hydrogen-bond acceptors (Lipinski definition) is 8. The van der Waals surface area contributed by atoms with Gasteiger partial charge in [-0.15, -0.1) is 0 Å². The monoisotopic (exact) mass is 627 g/mol. The number of carbonyl (C=O) groups excluding carboxylic acids is 2. The lowest BCUT2D eigenvalue weighted by molar-refractivity contribution is -0.139. The third-order valence-corrected chi connectivity index (χ3v) is 8.83. The van der Waals surface area contributed by atoms with Crippen LogP contribution >= 0.6 is 0 Å². The number of rotatable bonds is 14. The number of carbonyl (C=O) groups is 2. The molecule has 2 amide bonds. The molecule has 0 aliphatic heterocycles. The lowest BCUT2D eigenvalue weighted by Crippen LogP contribution is -2.52. The van der Waals surface area contributed by atoms with Gasteiger partial charge >= 0.3 is 0 Å². The van der Waals surface area contributed by atoms with Gasteiger partial charge in [0, 0.05) is 24.7 Å². The number of aryl methyl sites for hydroxylation is 1.